The lowest BCUT2D eigenvalue weighted by Gasteiger charge is -2.12. The van der Waals surface area contributed by atoms with Crippen molar-refractivity contribution in [2.24, 2.45) is 0 Å². The molecule has 0 amide bonds. The predicted molar refractivity (Wildman–Crippen MR) is 57.4 cm³/mol. The molecule has 80 valence electrons. The molecule has 0 aliphatic carbocycles. The molecule has 0 bridgehead atoms. The third kappa shape index (κ3) is 2.48. The van der Waals surface area contributed by atoms with Gasteiger partial charge in [-0.1, -0.05) is 0 Å². The molecule has 3 N–H and O–H groups in total. The maximum absolute atomic E-state index is 12.2. The van der Waals surface area contributed by atoms with Crippen LogP contribution in [-0.2, 0) is 0 Å². The molecule has 1 rings (SSSR count). The highest BCUT2D eigenvalue weighted by atomic mass is 32.2. The highest BCUT2D eigenvalue weighted by Gasteiger charge is 2.18. The van der Waals surface area contributed by atoms with Crippen molar-refractivity contribution < 1.29 is 8.78 Å². The van der Waals surface area contributed by atoms with E-state index in [-0.39, 0.29) is 0 Å². The van der Waals surface area contributed by atoms with Gasteiger partial charge in [-0.2, -0.15) is 4.37 Å². The normalized spacial score (nSPS) is 13.2. The van der Waals surface area contributed by atoms with Crippen LogP contribution < -0.4 is 11.1 Å². The first-order valence-electron chi connectivity index (χ1n) is 3.90. The van der Waals surface area contributed by atoms with Crippen LogP contribution in [0, 0.1) is 0 Å². The van der Waals surface area contributed by atoms with E-state index in [4.69, 9.17) is 5.73 Å². The summed E-state index contributed by atoms with van der Waals surface area (Å²) < 4.78 is 28.4. The van der Waals surface area contributed by atoms with Gasteiger partial charge in [-0.25, -0.2) is 8.78 Å². The highest BCUT2D eigenvalue weighted by Crippen LogP contribution is 2.35. The van der Waals surface area contributed by atoms with Crippen molar-refractivity contribution in [3.05, 3.63) is 0 Å². The molecule has 0 fully saturated rings. The first-order chi connectivity index (χ1) is 6.56. The fourth-order valence-electron chi connectivity index (χ4n) is 0.853. The lowest BCUT2D eigenvalue weighted by Crippen LogP contribution is -2.23. The second-order valence-corrected chi connectivity index (χ2v) is 4.29. The van der Waals surface area contributed by atoms with E-state index in [0.29, 0.717) is 10.8 Å². The highest BCUT2D eigenvalue weighted by molar-refractivity contribution is 7.99. The van der Waals surface area contributed by atoms with Crippen molar-refractivity contribution in [1.29, 1.82) is 0 Å². The smallest absolute Gasteiger partial charge is 0.258 e. The third-order valence-corrected chi connectivity index (χ3v) is 3.36. The summed E-state index contributed by atoms with van der Waals surface area (Å²) in [6.07, 6.45) is -0.564. The number of halogens is 2. The van der Waals surface area contributed by atoms with E-state index < -0.39 is 12.5 Å². The van der Waals surface area contributed by atoms with E-state index in [9.17, 15) is 8.78 Å². The Balaban J connectivity index is 2.76. The second kappa shape index (κ2) is 4.79. The van der Waals surface area contributed by atoms with E-state index in [2.05, 4.69) is 9.69 Å². The lowest BCUT2D eigenvalue weighted by molar-refractivity contribution is 0.131. The molecule has 0 spiro atoms. The molecule has 0 aliphatic heterocycles. The van der Waals surface area contributed by atoms with Crippen LogP contribution in [0.4, 0.5) is 19.6 Å². The van der Waals surface area contributed by atoms with Gasteiger partial charge in [0.25, 0.3) is 6.43 Å². The van der Waals surface area contributed by atoms with Gasteiger partial charge in [0, 0.05) is 0 Å². The topological polar surface area (TPSA) is 50.9 Å². The zero-order valence-electron chi connectivity index (χ0n) is 7.75. The van der Waals surface area contributed by atoms with Crippen molar-refractivity contribution in [3.63, 3.8) is 0 Å². The number of nitrogens with two attached hydrogens (primary N) is 1. The van der Waals surface area contributed by atoms with Crippen LogP contribution in [0.25, 0.3) is 0 Å². The molecule has 3 nitrogen and oxygen atoms in total. The molecule has 0 saturated heterocycles. The molecule has 1 aromatic rings. The second-order valence-electron chi connectivity index (χ2n) is 2.70. The summed E-state index contributed by atoms with van der Waals surface area (Å²) in [5, 5.41) is 3.30. The van der Waals surface area contributed by atoms with Crippen molar-refractivity contribution in [1.82, 2.24) is 4.37 Å². The molecule has 0 saturated carbocycles. The van der Waals surface area contributed by atoms with Gasteiger partial charge in [0.1, 0.15) is 5.00 Å². The van der Waals surface area contributed by atoms with Gasteiger partial charge in [0.05, 0.1) is 10.9 Å². The van der Waals surface area contributed by atoms with Crippen molar-refractivity contribution in [2.45, 2.75) is 24.3 Å². The minimum absolute atomic E-state index is 0.395. The van der Waals surface area contributed by atoms with Crippen LogP contribution in [0.15, 0.2) is 4.90 Å². The molecule has 1 aromatic heterocycles. The Kier molecular flexibility index (Phi) is 3.94. The Morgan fingerprint density at radius 2 is 2.21 bits per heavy atom. The van der Waals surface area contributed by atoms with Crippen LogP contribution in [0.5, 0.6) is 0 Å². The van der Waals surface area contributed by atoms with Crippen molar-refractivity contribution in [2.75, 3.05) is 17.3 Å². The molecule has 7 heteroatoms. The summed E-state index contributed by atoms with van der Waals surface area (Å²) in [5.41, 5.74) is 5.55. The van der Waals surface area contributed by atoms with E-state index in [1.54, 1.807) is 0 Å². The molecular formula is C7H11F2N3S2. The maximum atomic E-state index is 12.2. The van der Waals surface area contributed by atoms with E-state index in [1.165, 1.54) is 18.7 Å². The molecule has 0 aliphatic rings. The Hall–Kier alpha value is -0.560. The van der Waals surface area contributed by atoms with Crippen molar-refractivity contribution in [3.8, 4) is 0 Å². The molecule has 1 atom stereocenters. The summed E-state index contributed by atoms with van der Waals surface area (Å²) in [4.78, 5) is 0.738. The molecule has 1 heterocycles. The van der Waals surface area contributed by atoms with E-state index >= 15 is 0 Å². The first kappa shape index (κ1) is 11.5. The Labute approximate surface area is 89.2 Å². The predicted octanol–water partition coefficient (Wildman–Crippen LogP) is 2.51. The SMILES string of the molecule is CSc1c(N)nsc1NC(C)C(F)F. The minimum atomic E-state index is -2.40. The van der Waals surface area contributed by atoms with Crippen LogP contribution >= 0.6 is 23.3 Å². The Bertz CT molecular complexity index is 303. The largest absolute Gasteiger partial charge is 0.382 e. The molecule has 0 aromatic carbocycles. The Morgan fingerprint density at radius 1 is 1.57 bits per heavy atom. The molecular weight excluding hydrogens is 228 g/mol. The number of alkyl halides is 2. The minimum Gasteiger partial charge on any atom is -0.382 e. The van der Waals surface area contributed by atoms with Gasteiger partial charge < -0.3 is 11.1 Å². The molecule has 14 heavy (non-hydrogen) atoms. The number of hydrogen-bond acceptors (Lipinski definition) is 5. The summed E-state index contributed by atoms with van der Waals surface area (Å²) in [6.45, 7) is 1.42. The van der Waals surface area contributed by atoms with Gasteiger partial charge in [-0.3, -0.25) is 0 Å². The van der Waals surface area contributed by atoms with Crippen LogP contribution in [0.2, 0.25) is 0 Å². The number of nitrogens with zero attached hydrogens (tertiary/aromatic N) is 1. The fraction of sp³-hybridized carbons (Fsp3) is 0.571. The van der Waals surface area contributed by atoms with Crippen LogP contribution in [-0.4, -0.2) is 23.1 Å². The summed E-state index contributed by atoms with van der Waals surface area (Å²) >= 11 is 2.50. The van der Waals surface area contributed by atoms with Gasteiger partial charge >= 0.3 is 0 Å². The zero-order valence-corrected chi connectivity index (χ0v) is 9.38. The fourth-order valence-corrected chi connectivity index (χ4v) is 2.48. The van der Waals surface area contributed by atoms with Gasteiger partial charge in [-0.15, -0.1) is 11.8 Å². The van der Waals surface area contributed by atoms with Crippen molar-refractivity contribution >= 4 is 34.1 Å². The molecule has 1 unspecified atom stereocenters. The maximum Gasteiger partial charge on any atom is 0.258 e. The summed E-state index contributed by atoms with van der Waals surface area (Å²) in [5.74, 6) is 0.395. The number of nitrogens with one attached hydrogen (secondary N) is 1. The zero-order chi connectivity index (χ0) is 10.7. The summed E-state index contributed by atoms with van der Waals surface area (Å²) in [6, 6.07) is -0.888. The number of rotatable bonds is 4. The lowest BCUT2D eigenvalue weighted by atomic mass is 10.3. The average Bonchev–Trinajstić information content (AvgIpc) is 2.46. The first-order valence-corrected chi connectivity index (χ1v) is 5.90. The van der Waals surface area contributed by atoms with Crippen LogP contribution in [0.1, 0.15) is 6.92 Å². The summed E-state index contributed by atoms with van der Waals surface area (Å²) in [7, 11) is 0. The van der Waals surface area contributed by atoms with E-state index in [1.807, 2.05) is 6.26 Å². The monoisotopic (exact) mass is 239 g/mol. The van der Waals surface area contributed by atoms with Gasteiger partial charge in [-0.05, 0) is 24.7 Å². The van der Waals surface area contributed by atoms with Crippen LogP contribution in [0.3, 0.4) is 0 Å². The number of thioether (sulfide) groups is 1. The number of hydrogen-bond donors (Lipinski definition) is 2. The third-order valence-electron chi connectivity index (χ3n) is 1.62. The number of anilines is 2. The standard InChI is InChI=1S/C7H11F2N3S2/c1-3(5(8)9)11-7-4(13-2)6(10)12-14-7/h3,5,11H,1-2H3,(H2,10,12). The molecule has 0 radical (unpaired) electrons. The van der Waals surface area contributed by atoms with E-state index in [0.717, 1.165) is 16.4 Å². The number of aromatic nitrogens is 1. The average molecular weight is 239 g/mol. The Morgan fingerprint density at radius 3 is 2.71 bits per heavy atom. The number of nitrogen functional groups attached to an aromatic ring is 1. The quantitative estimate of drug-likeness (QED) is 0.793. The van der Waals surface area contributed by atoms with Gasteiger partial charge in [0.2, 0.25) is 0 Å². The van der Waals surface area contributed by atoms with Gasteiger partial charge in [0.15, 0.2) is 5.82 Å².